The Kier molecular flexibility index (Phi) is 6.67. The van der Waals surface area contributed by atoms with E-state index in [1.165, 1.54) is 0 Å². The van der Waals surface area contributed by atoms with E-state index in [4.69, 9.17) is 0 Å². The van der Waals surface area contributed by atoms with Crippen LogP contribution in [-0.4, -0.2) is 24.0 Å². The fourth-order valence-electron chi connectivity index (χ4n) is 3.71. The number of hydrogen-bond donors (Lipinski definition) is 1. The number of rotatable bonds is 7. The summed E-state index contributed by atoms with van der Waals surface area (Å²) >= 11 is 0. The number of hydrogen-bond acceptors (Lipinski definition) is 3. The summed E-state index contributed by atoms with van der Waals surface area (Å²) in [6.45, 7) is 9.85. The molecule has 1 fully saturated rings. The molecular weight excluding hydrogens is 326 g/mol. The van der Waals surface area contributed by atoms with Crippen molar-refractivity contribution in [3.8, 4) is 0 Å². The lowest BCUT2D eigenvalue weighted by atomic mass is 9.84. The van der Waals surface area contributed by atoms with E-state index >= 15 is 0 Å². The van der Waals surface area contributed by atoms with E-state index in [9.17, 15) is 14.4 Å². The SMILES string of the molecule is C=CCNC(=O)CC1CC(=O)C(c2c(C)cc(/C=C/C)cc2CC)C1=O. The van der Waals surface area contributed by atoms with Gasteiger partial charge in [0.2, 0.25) is 5.91 Å². The third kappa shape index (κ3) is 4.18. The molecule has 1 aliphatic rings. The normalized spacial score (nSPS) is 20.0. The molecule has 2 rings (SSSR count). The number of allylic oxidation sites excluding steroid dienone is 1. The Bertz CT molecular complexity index is 761. The van der Waals surface area contributed by atoms with Crippen LogP contribution in [0.2, 0.25) is 0 Å². The first-order chi connectivity index (χ1) is 12.4. The van der Waals surface area contributed by atoms with Crippen molar-refractivity contribution in [1.29, 1.82) is 0 Å². The Morgan fingerprint density at radius 3 is 2.69 bits per heavy atom. The predicted molar refractivity (Wildman–Crippen MR) is 104 cm³/mol. The molecule has 0 heterocycles. The van der Waals surface area contributed by atoms with Gasteiger partial charge in [-0.15, -0.1) is 6.58 Å². The molecule has 0 aliphatic heterocycles. The van der Waals surface area contributed by atoms with Crippen molar-refractivity contribution in [3.05, 3.63) is 53.1 Å². The monoisotopic (exact) mass is 353 g/mol. The standard InChI is InChI=1S/C22H27NO3/c1-5-8-15-10-14(4)20(16(7-3)11-15)21-18(24)12-17(22(21)26)13-19(25)23-9-6-2/h5-6,8,10-11,17,21H,2,7,9,12-13H2,1,3-4H3,(H,23,25)/b8-5+. The molecule has 4 heteroatoms. The minimum atomic E-state index is -0.734. The van der Waals surface area contributed by atoms with Crippen LogP contribution in [0.5, 0.6) is 0 Å². The summed E-state index contributed by atoms with van der Waals surface area (Å²) < 4.78 is 0. The van der Waals surface area contributed by atoms with Crippen molar-refractivity contribution < 1.29 is 14.4 Å². The van der Waals surface area contributed by atoms with Gasteiger partial charge in [-0.1, -0.05) is 37.3 Å². The van der Waals surface area contributed by atoms with Gasteiger partial charge in [0, 0.05) is 25.3 Å². The maximum atomic E-state index is 12.9. The van der Waals surface area contributed by atoms with Crippen molar-refractivity contribution in [1.82, 2.24) is 5.32 Å². The number of amides is 1. The lowest BCUT2D eigenvalue weighted by molar-refractivity contribution is -0.128. The second-order valence-electron chi connectivity index (χ2n) is 6.76. The third-order valence-corrected chi connectivity index (χ3v) is 4.86. The summed E-state index contributed by atoms with van der Waals surface area (Å²) in [4.78, 5) is 37.5. The van der Waals surface area contributed by atoms with Crippen molar-refractivity contribution in [2.75, 3.05) is 6.54 Å². The van der Waals surface area contributed by atoms with Gasteiger partial charge in [-0.3, -0.25) is 14.4 Å². The van der Waals surface area contributed by atoms with Gasteiger partial charge in [-0.05, 0) is 42.5 Å². The molecule has 1 N–H and O–H groups in total. The fraction of sp³-hybridized carbons (Fsp3) is 0.409. The van der Waals surface area contributed by atoms with Crippen LogP contribution < -0.4 is 5.32 Å². The molecular formula is C22H27NO3. The van der Waals surface area contributed by atoms with Crippen molar-refractivity contribution in [2.24, 2.45) is 5.92 Å². The van der Waals surface area contributed by atoms with Gasteiger partial charge >= 0.3 is 0 Å². The lowest BCUT2D eigenvalue weighted by Gasteiger charge is -2.18. The van der Waals surface area contributed by atoms with Crippen LogP contribution in [0, 0.1) is 12.8 Å². The van der Waals surface area contributed by atoms with Gasteiger partial charge in [-0.25, -0.2) is 0 Å². The Morgan fingerprint density at radius 1 is 1.35 bits per heavy atom. The molecule has 4 nitrogen and oxygen atoms in total. The average Bonchev–Trinajstić information content (AvgIpc) is 2.86. The van der Waals surface area contributed by atoms with E-state index in [1.807, 2.05) is 45.1 Å². The summed E-state index contributed by atoms with van der Waals surface area (Å²) in [7, 11) is 0. The van der Waals surface area contributed by atoms with Crippen molar-refractivity contribution >= 4 is 23.5 Å². The molecule has 0 spiro atoms. The van der Waals surface area contributed by atoms with Crippen LogP contribution in [0.4, 0.5) is 0 Å². The summed E-state index contributed by atoms with van der Waals surface area (Å²) in [5.41, 5.74) is 3.90. The van der Waals surface area contributed by atoms with E-state index in [1.54, 1.807) is 6.08 Å². The van der Waals surface area contributed by atoms with Gasteiger partial charge < -0.3 is 5.32 Å². The molecule has 0 bridgehead atoms. The maximum absolute atomic E-state index is 12.9. The lowest BCUT2D eigenvalue weighted by Crippen LogP contribution is -2.27. The first-order valence-corrected chi connectivity index (χ1v) is 9.13. The van der Waals surface area contributed by atoms with Crippen LogP contribution in [0.15, 0.2) is 30.9 Å². The molecule has 0 saturated heterocycles. The zero-order valence-electron chi connectivity index (χ0n) is 15.8. The highest BCUT2D eigenvalue weighted by atomic mass is 16.2. The highest BCUT2D eigenvalue weighted by molar-refractivity contribution is 6.15. The number of carbonyl (C=O) groups excluding carboxylic acids is 3. The third-order valence-electron chi connectivity index (χ3n) is 4.86. The molecule has 1 aromatic carbocycles. The minimum absolute atomic E-state index is 0.0616. The van der Waals surface area contributed by atoms with Crippen LogP contribution in [0.1, 0.15) is 54.9 Å². The highest BCUT2D eigenvalue weighted by Crippen LogP contribution is 2.38. The number of nitrogens with one attached hydrogen (secondary N) is 1. The molecule has 1 aromatic rings. The molecule has 1 aliphatic carbocycles. The molecule has 26 heavy (non-hydrogen) atoms. The van der Waals surface area contributed by atoms with Crippen LogP contribution in [0.3, 0.4) is 0 Å². The number of Topliss-reactive ketones (excluding diaryl/α,β-unsaturated/α-hetero) is 2. The van der Waals surface area contributed by atoms with E-state index in [2.05, 4.69) is 11.9 Å². The second-order valence-corrected chi connectivity index (χ2v) is 6.76. The van der Waals surface area contributed by atoms with Gasteiger partial charge in [-0.2, -0.15) is 0 Å². The van der Waals surface area contributed by atoms with E-state index in [-0.39, 0.29) is 30.3 Å². The van der Waals surface area contributed by atoms with E-state index in [0.29, 0.717) is 6.54 Å². The molecule has 0 aromatic heterocycles. The Labute approximate surface area is 155 Å². The molecule has 1 amide bonds. The summed E-state index contributed by atoms with van der Waals surface area (Å²) in [5.74, 6) is -1.68. The van der Waals surface area contributed by atoms with Crippen LogP contribution >= 0.6 is 0 Å². The van der Waals surface area contributed by atoms with Crippen LogP contribution in [0.25, 0.3) is 6.08 Å². The second kappa shape index (κ2) is 8.75. The van der Waals surface area contributed by atoms with Gasteiger partial charge in [0.25, 0.3) is 0 Å². The highest BCUT2D eigenvalue weighted by Gasteiger charge is 2.43. The topological polar surface area (TPSA) is 63.2 Å². The zero-order valence-corrected chi connectivity index (χ0v) is 15.8. The van der Waals surface area contributed by atoms with Gasteiger partial charge in [0.1, 0.15) is 11.7 Å². The number of benzene rings is 1. The summed E-state index contributed by atoms with van der Waals surface area (Å²) in [6, 6.07) is 4.06. The molecule has 138 valence electrons. The van der Waals surface area contributed by atoms with Crippen molar-refractivity contribution in [3.63, 3.8) is 0 Å². The zero-order chi connectivity index (χ0) is 19.3. The van der Waals surface area contributed by atoms with Gasteiger partial charge in [0.15, 0.2) is 5.78 Å². The fourth-order valence-corrected chi connectivity index (χ4v) is 3.71. The van der Waals surface area contributed by atoms with Crippen LogP contribution in [-0.2, 0) is 20.8 Å². The Hall–Kier alpha value is -2.49. The maximum Gasteiger partial charge on any atom is 0.220 e. The quantitative estimate of drug-likeness (QED) is 0.602. The van der Waals surface area contributed by atoms with Crippen molar-refractivity contribution in [2.45, 2.75) is 46.0 Å². The number of aryl methyl sites for hydroxylation is 2. The first kappa shape index (κ1) is 19.8. The number of carbonyl (C=O) groups is 3. The Morgan fingerprint density at radius 2 is 2.08 bits per heavy atom. The largest absolute Gasteiger partial charge is 0.353 e. The predicted octanol–water partition coefficient (Wildman–Crippen LogP) is 3.52. The van der Waals surface area contributed by atoms with E-state index in [0.717, 1.165) is 28.7 Å². The molecule has 0 radical (unpaired) electrons. The minimum Gasteiger partial charge on any atom is -0.353 e. The molecule has 2 unspecified atom stereocenters. The summed E-state index contributed by atoms with van der Waals surface area (Å²) in [6.07, 6.45) is 6.53. The molecule has 2 atom stereocenters. The smallest absolute Gasteiger partial charge is 0.220 e. The molecule has 1 saturated carbocycles. The van der Waals surface area contributed by atoms with Gasteiger partial charge in [0.05, 0.1) is 0 Å². The summed E-state index contributed by atoms with van der Waals surface area (Å²) in [5, 5.41) is 2.68. The Balaban J connectivity index is 2.31. The number of ketones is 2. The average molecular weight is 353 g/mol. The first-order valence-electron chi connectivity index (χ1n) is 9.13. The van der Waals surface area contributed by atoms with E-state index < -0.39 is 11.8 Å².